The Morgan fingerprint density at radius 1 is 1.47 bits per heavy atom. The second-order valence-corrected chi connectivity index (χ2v) is 3.68. The zero-order valence-electron chi connectivity index (χ0n) is 9.83. The lowest BCUT2D eigenvalue weighted by atomic mass is 10.2. The molecule has 0 unspecified atom stereocenters. The average Bonchev–Trinajstić information content (AvgIpc) is 2.33. The first-order chi connectivity index (χ1) is 8.17. The van der Waals surface area contributed by atoms with Crippen LogP contribution in [0, 0.1) is 0 Å². The van der Waals surface area contributed by atoms with E-state index in [1.54, 1.807) is 13.2 Å². The maximum atomic E-state index is 11.7. The highest BCUT2D eigenvalue weighted by molar-refractivity contribution is 6.29. The number of methoxy groups -OCH3 is 1. The van der Waals surface area contributed by atoms with E-state index in [0.717, 1.165) is 5.69 Å². The van der Waals surface area contributed by atoms with Crippen molar-refractivity contribution in [2.24, 2.45) is 0 Å². The number of hydrogen-bond acceptors (Lipinski definition) is 4. The lowest BCUT2D eigenvalue weighted by Gasteiger charge is -2.06. The predicted molar refractivity (Wildman–Crippen MR) is 63.9 cm³/mol. The van der Waals surface area contributed by atoms with Crippen molar-refractivity contribution in [3.8, 4) is 0 Å². The Labute approximate surface area is 105 Å². The molecule has 1 heterocycles. The third-order valence-corrected chi connectivity index (χ3v) is 2.22. The van der Waals surface area contributed by atoms with E-state index in [4.69, 9.17) is 21.2 Å². The van der Waals surface area contributed by atoms with Crippen molar-refractivity contribution in [2.45, 2.75) is 13.3 Å². The van der Waals surface area contributed by atoms with Crippen LogP contribution < -0.4 is 5.48 Å². The number of aryl methyl sites for hydroxylation is 1. The lowest BCUT2D eigenvalue weighted by Crippen LogP contribution is -2.25. The molecule has 0 aliphatic rings. The van der Waals surface area contributed by atoms with E-state index in [2.05, 4.69) is 10.5 Å². The molecule has 94 valence electrons. The van der Waals surface area contributed by atoms with Gasteiger partial charge >= 0.3 is 0 Å². The summed E-state index contributed by atoms with van der Waals surface area (Å²) in [5.41, 5.74) is 3.50. The quantitative estimate of drug-likeness (QED) is 0.478. The predicted octanol–water partition coefficient (Wildman–Crippen LogP) is 1.61. The normalized spacial score (nSPS) is 10.3. The molecule has 0 saturated heterocycles. The number of pyridine rings is 1. The second-order valence-electron chi connectivity index (χ2n) is 3.30. The standard InChI is InChI=1S/C11H15ClN2O3/c1-3-9-6-8(7-10(12)13-9)11(15)14-17-5-4-16-2/h6-7H,3-5H2,1-2H3,(H,14,15). The number of rotatable bonds is 6. The monoisotopic (exact) mass is 258 g/mol. The Balaban J connectivity index is 2.59. The van der Waals surface area contributed by atoms with Crippen molar-refractivity contribution in [1.29, 1.82) is 0 Å². The van der Waals surface area contributed by atoms with Gasteiger partial charge in [-0.05, 0) is 18.6 Å². The fourth-order valence-electron chi connectivity index (χ4n) is 1.16. The molecule has 0 aromatic carbocycles. The summed E-state index contributed by atoms with van der Waals surface area (Å²) in [4.78, 5) is 20.6. The number of carbonyl (C=O) groups is 1. The summed E-state index contributed by atoms with van der Waals surface area (Å²) in [6, 6.07) is 3.18. The largest absolute Gasteiger partial charge is 0.382 e. The highest BCUT2D eigenvalue weighted by Crippen LogP contribution is 2.11. The van der Waals surface area contributed by atoms with Gasteiger partial charge in [0.25, 0.3) is 5.91 Å². The van der Waals surface area contributed by atoms with Gasteiger partial charge in [0.1, 0.15) is 5.15 Å². The minimum absolute atomic E-state index is 0.293. The molecular formula is C11H15ClN2O3. The Bertz CT molecular complexity index is 385. The number of amides is 1. The van der Waals surface area contributed by atoms with Crippen LogP contribution in [0.15, 0.2) is 12.1 Å². The van der Waals surface area contributed by atoms with Gasteiger partial charge in [-0.15, -0.1) is 0 Å². The van der Waals surface area contributed by atoms with Crippen LogP contribution >= 0.6 is 11.6 Å². The fraction of sp³-hybridized carbons (Fsp3) is 0.455. The molecule has 0 radical (unpaired) electrons. The zero-order valence-corrected chi connectivity index (χ0v) is 10.6. The number of carbonyl (C=O) groups excluding carboxylic acids is 1. The smallest absolute Gasteiger partial charge is 0.275 e. The Morgan fingerprint density at radius 2 is 2.24 bits per heavy atom. The molecule has 0 spiro atoms. The maximum Gasteiger partial charge on any atom is 0.275 e. The van der Waals surface area contributed by atoms with Gasteiger partial charge in [-0.25, -0.2) is 10.5 Å². The molecule has 0 saturated carbocycles. The van der Waals surface area contributed by atoms with Crippen LogP contribution in [0.5, 0.6) is 0 Å². The van der Waals surface area contributed by atoms with E-state index in [-0.39, 0.29) is 5.91 Å². The Kier molecular flexibility index (Phi) is 5.90. The molecule has 1 amide bonds. The van der Waals surface area contributed by atoms with Crippen molar-refractivity contribution >= 4 is 17.5 Å². The minimum Gasteiger partial charge on any atom is -0.382 e. The summed E-state index contributed by atoms with van der Waals surface area (Å²) in [6.45, 7) is 2.65. The summed E-state index contributed by atoms with van der Waals surface area (Å²) in [5, 5.41) is 0.298. The van der Waals surface area contributed by atoms with E-state index < -0.39 is 0 Å². The Hall–Kier alpha value is -1.17. The van der Waals surface area contributed by atoms with Crippen LogP contribution in [0.4, 0.5) is 0 Å². The number of aromatic nitrogens is 1. The van der Waals surface area contributed by atoms with Crippen molar-refractivity contribution < 1.29 is 14.4 Å². The maximum absolute atomic E-state index is 11.7. The number of halogens is 1. The first-order valence-electron chi connectivity index (χ1n) is 5.25. The minimum atomic E-state index is -0.347. The van der Waals surface area contributed by atoms with Gasteiger partial charge in [-0.3, -0.25) is 9.63 Å². The fourth-order valence-corrected chi connectivity index (χ4v) is 1.39. The molecule has 0 fully saturated rings. The van der Waals surface area contributed by atoms with E-state index in [0.29, 0.717) is 30.4 Å². The molecule has 17 heavy (non-hydrogen) atoms. The SMILES string of the molecule is CCc1cc(C(=O)NOCCOC)cc(Cl)n1. The molecule has 0 aliphatic heterocycles. The molecular weight excluding hydrogens is 244 g/mol. The van der Waals surface area contributed by atoms with E-state index >= 15 is 0 Å². The van der Waals surface area contributed by atoms with Gasteiger partial charge < -0.3 is 4.74 Å². The molecule has 0 aliphatic carbocycles. The molecule has 0 bridgehead atoms. The highest BCUT2D eigenvalue weighted by Gasteiger charge is 2.08. The highest BCUT2D eigenvalue weighted by atomic mass is 35.5. The van der Waals surface area contributed by atoms with Gasteiger partial charge in [-0.1, -0.05) is 18.5 Å². The van der Waals surface area contributed by atoms with Crippen molar-refractivity contribution in [2.75, 3.05) is 20.3 Å². The topological polar surface area (TPSA) is 60.5 Å². The van der Waals surface area contributed by atoms with Gasteiger partial charge in [0.15, 0.2) is 0 Å². The zero-order chi connectivity index (χ0) is 12.7. The van der Waals surface area contributed by atoms with Crippen LogP contribution in [-0.4, -0.2) is 31.2 Å². The summed E-state index contributed by atoms with van der Waals surface area (Å²) < 4.78 is 4.78. The third kappa shape index (κ3) is 4.68. The number of hydrogen-bond donors (Lipinski definition) is 1. The van der Waals surface area contributed by atoms with Gasteiger partial charge in [-0.2, -0.15) is 0 Å². The van der Waals surface area contributed by atoms with Crippen LogP contribution in [0.3, 0.4) is 0 Å². The first kappa shape index (κ1) is 13.9. The number of ether oxygens (including phenoxy) is 1. The van der Waals surface area contributed by atoms with Crippen LogP contribution in [-0.2, 0) is 16.0 Å². The summed E-state index contributed by atoms with van der Waals surface area (Å²) in [6.07, 6.45) is 0.714. The summed E-state index contributed by atoms with van der Waals surface area (Å²) in [7, 11) is 1.56. The Morgan fingerprint density at radius 3 is 2.88 bits per heavy atom. The van der Waals surface area contributed by atoms with E-state index in [1.807, 2.05) is 6.92 Å². The molecule has 1 aromatic heterocycles. The van der Waals surface area contributed by atoms with Crippen LogP contribution in [0.2, 0.25) is 5.15 Å². The average molecular weight is 259 g/mol. The van der Waals surface area contributed by atoms with Gasteiger partial charge in [0, 0.05) is 18.4 Å². The summed E-state index contributed by atoms with van der Waals surface area (Å²) in [5.74, 6) is -0.347. The van der Waals surface area contributed by atoms with Crippen molar-refractivity contribution in [3.05, 3.63) is 28.5 Å². The number of nitrogens with zero attached hydrogens (tertiary/aromatic N) is 1. The number of hydroxylamine groups is 1. The second kappa shape index (κ2) is 7.21. The summed E-state index contributed by atoms with van der Waals surface area (Å²) >= 11 is 5.80. The molecule has 5 nitrogen and oxygen atoms in total. The third-order valence-electron chi connectivity index (χ3n) is 2.03. The number of nitrogens with one attached hydrogen (secondary N) is 1. The lowest BCUT2D eigenvalue weighted by molar-refractivity contribution is 0.00887. The van der Waals surface area contributed by atoms with E-state index in [1.165, 1.54) is 6.07 Å². The molecule has 1 aromatic rings. The molecule has 0 atom stereocenters. The molecule has 1 rings (SSSR count). The van der Waals surface area contributed by atoms with Crippen molar-refractivity contribution in [1.82, 2.24) is 10.5 Å². The molecule has 1 N–H and O–H groups in total. The molecule has 6 heteroatoms. The first-order valence-corrected chi connectivity index (χ1v) is 5.62. The van der Waals surface area contributed by atoms with Crippen molar-refractivity contribution in [3.63, 3.8) is 0 Å². The van der Waals surface area contributed by atoms with Crippen LogP contribution in [0.25, 0.3) is 0 Å². The van der Waals surface area contributed by atoms with E-state index in [9.17, 15) is 4.79 Å². The van der Waals surface area contributed by atoms with Gasteiger partial charge in [0.2, 0.25) is 0 Å². The van der Waals surface area contributed by atoms with Crippen LogP contribution in [0.1, 0.15) is 23.0 Å². The van der Waals surface area contributed by atoms with Gasteiger partial charge in [0.05, 0.1) is 13.2 Å².